The van der Waals surface area contributed by atoms with E-state index in [0.29, 0.717) is 30.3 Å². The fraction of sp³-hybridized carbons (Fsp3) is 0.391. The van der Waals surface area contributed by atoms with Gasteiger partial charge in [0.15, 0.2) is 0 Å². The van der Waals surface area contributed by atoms with Crippen molar-refractivity contribution >= 4 is 35.2 Å². The van der Waals surface area contributed by atoms with Crippen LogP contribution in [0.5, 0.6) is 0 Å². The van der Waals surface area contributed by atoms with Crippen LogP contribution in [0.15, 0.2) is 48.5 Å². The second-order valence-electron chi connectivity index (χ2n) is 6.98. The largest absolute Gasteiger partial charge is 0.354 e. The van der Waals surface area contributed by atoms with Gasteiger partial charge in [-0.1, -0.05) is 49.7 Å². The standard InChI is InChI=1S/C23H28ClFN2O2S/c1-3-13-26-23(29)21(4-2)27(14-17-5-9-19(24)10-6-17)22(28)16-30-15-18-7-11-20(25)12-8-18/h5-12,21H,3-4,13-16H2,1-2H3,(H,26,29). The van der Waals surface area contributed by atoms with E-state index >= 15 is 0 Å². The van der Waals surface area contributed by atoms with Crippen molar-refractivity contribution in [3.63, 3.8) is 0 Å². The third-order valence-corrected chi connectivity index (χ3v) is 5.85. The molecule has 0 aliphatic rings. The van der Waals surface area contributed by atoms with Gasteiger partial charge in [-0.15, -0.1) is 11.8 Å². The number of hydrogen-bond acceptors (Lipinski definition) is 3. The van der Waals surface area contributed by atoms with E-state index in [0.717, 1.165) is 17.5 Å². The minimum absolute atomic E-state index is 0.101. The molecule has 0 saturated heterocycles. The number of nitrogens with zero attached hydrogens (tertiary/aromatic N) is 1. The molecule has 1 atom stereocenters. The predicted octanol–water partition coefficient (Wildman–Crippen LogP) is 5.05. The zero-order valence-corrected chi connectivity index (χ0v) is 18.9. The Bertz CT molecular complexity index is 815. The highest BCUT2D eigenvalue weighted by Crippen LogP contribution is 2.18. The Morgan fingerprint density at radius 2 is 1.70 bits per heavy atom. The number of rotatable bonds is 11. The maximum absolute atomic E-state index is 13.1. The van der Waals surface area contributed by atoms with Crippen molar-refractivity contribution in [1.82, 2.24) is 10.2 Å². The lowest BCUT2D eigenvalue weighted by atomic mass is 10.1. The molecule has 0 radical (unpaired) electrons. The molecule has 7 heteroatoms. The van der Waals surface area contributed by atoms with Gasteiger partial charge in [-0.05, 0) is 48.2 Å². The number of amides is 2. The van der Waals surface area contributed by atoms with Gasteiger partial charge < -0.3 is 10.2 Å². The van der Waals surface area contributed by atoms with Gasteiger partial charge in [0.2, 0.25) is 11.8 Å². The zero-order chi connectivity index (χ0) is 21.9. The monoisotopic (exact) mass is 450 g/mol. The highest BCUT2D eigenvalue weighted by atomic mass is 35.5. The summed E-state index contributed by atoms with van der Waals surface area (Å²) in [4.78, 5) is 27.4. The molecule has 0 heterocycles. The van der Waals surface area contributed by atoms with Gasteiger partial charge in [0.1, 0.15) is 11.9 Å². The first-order valence-corrected chi connectivity index (χ1v) is 11.6. The van der Waals surface area contributed by atoms with Gasteiger partial charge in [0.05, 0.1) is 5.75 Å². The van der Waals surface area contributed by atoms with Crippen molar-refractivity contribution in [3.05, 3.63) is 70.5 Å². The third kappa shape index (κ3) is 7.65. The number of halogens is 2. The Morgan fingerprint density at radius 3 is 2.30 bits per heavy atom. The summed E-state index contributed by atoms with van der Waals surface area (Å²) in [5, 5.41) is 3.53. The van der Waals surface area contributed by atoms with Crippen molar-refractivity contribution in [2.45, 2.75) is 45.0 Å². The Kier molecular flexibility index (Phi) is 10.2. The third-order valence-electron chi connectivity index (χ3n) is 4.61. The van der Waals surface area contributed by atoms with Gasteiger partial charge in [-0.3, -0.25) is 9.59 Å². The molecule has 30 heavy (non-hydrogen) atoms. The number of carbonyl (C=O) groups is 2. The van der Waals surface area contributed by atoms with E-state index in [-0.39, 0.29) is 23.4 Å². The topological polar surface area (TPSA) is 49.4 Å². The number of thioether (sulfide) groups is 1. The highest BCUT2D eigenvalue weighted by Gasteiger charge is 2.28. The molecule has 0 aliphatic carbocycles. The van der Waals surface area contributed by atoms with E-state index in [1.54, 1.807) is 29.2 Å². The predicted molar refractivity (Wildman–Crippen MR) is 122 cm³/mol. The average molecular weight is 451 g/mol. The SMILES string of the molecule is CCCNC(=O)C(CC)N(Cc1ccc(Cl)cc1)C(=O)CSCc1ccc(F)cc1. The maximum Gasteiger partial charge on any atom is 0.242 e. The van der Waals surface area contributed by atoms with Crippen LogP contribution in [-0.2, 0) is 21.9 Å². The fourth-order valence-corrected chi connectivity index (χ4v) is 3.99. The second kappa shape index (κ2) is 12.6. The van der Waals surface area contributed by atoms with E-state index in [2.05, 4.69) is 5.32 Å². The summed E-state index contributed by atoms with van der Waals surface area (Å²) in [6.07, 6.45) is 1.36. The Hall–Kier alpha value is -2.05. The van der Waals surface area contributed by atoms with Crippen LogP contribution in [0.2, 0.25) is 5.02 Å². The highest BCUT2D eigenvalue weighted by molar-refractivity contribution is 7.99. The zero-order valence-electron chi connectivity index (χ0n) is 17.4. The molecule has 2 aromatic rings. The molecule has 1 N–H and O–H groups in total. The first-order valence-electron chi connectivity index (χ1n) is 10.1. The van der Waals surface area contributed by atoms with Crippen molar-refractivity contribution in [1.29, 1.82) is 0 Å². The minimum atomic E-state index is -0.536. The normalized spacial score (nSPS) is 11.7. The number of hydrogen-bond donors (Lipinski definition) is 1. The second-order valence-corrected chi connectivity index (χ2v) is 8.40. The lowest BCUT2D eigenvalue weighted by Gasteiger charge is -2.30. The molecule has 2 rings (SSSR count). The van der Waals surface area contributed by atoms with Gasteiger partial charge in [-0.2, -0.15) is 0 Å². The van der Waals surface area contributed by atoms with Crippen LogP contribution in [0.1, 0.15) is 37.8 Å². The molecule has 1 unspecified atom stereocenters. The smallest absolute Gasteiger partial charge is 0.242 e. The molecule has 0 aromatic heterocycles. The molecule has 0 fully saturated rings. The van der Waals surface area contributed by atoms with Crippen LogP contribution >= 0.6 is 23.4 Å². The summed E-state index contributed by atoms with van der Waals surface area (Å²) in [5.74, 6) is 0.320. The Balaban J connectivity index is 2.09. The molecular weight excluding hydrogens is 423 g/mol. The van der Waals surface area contributed by atoms with Crippen molar-refractivity contribution in [3.8, 4) is 0 Å². The number of nitrogens with one attached hydrogen (secondary N) is 1. The van der Waals surface area contributed by atoms with Crippen LogP contribution in [0.25, 0.3) is 0 Å². The van der Waals surface area contributed by atoms with E-state index < -0.39 is 6.04 Å². The van der Waals surface area contributed by atoms with Gasteiger partial charge in [0, 0.05) is 23.9 Å². The summed E-state index contributed by atoms with van der Waals surface area (Å²) in [5.41, 5.74) is 1.87. The molecule has 0 aliphatic heterocycles. The minimum Gasteiger partial charge on any atom is -0.354 e. The van der Waals surface area contributed by atoms with Crippen molar-refractivity contribution in [2.75, 3.05) is 12.3 Å². The van der Waals surface area contributed by atoms with E-state index in [1.165, 1.54) is 23.9 Å². The maximum atomic E-state index is 13.1. The summed E-state index contributed by atoms with van der Waals surface area (Å²) in [6, 6.07) is 13.0. The van der Waals surface area contributed by atoms with Gasteiger partial charge >= 0.3 is 0 Å². The molecule has 162 valence electrons. The average Bonchev–Trinajstić information content (AvgIpc) is 2.74. The fourth-order valence-electron chi connectivity index (χ4n) is 2.99. The molecule has 2 aromatic carbocycles. The first kappa shape index (κ1) is 24.2. The number of carbonyl (C=O) groups excluding carboxylic acids is 2. The molecule has 0 bridgehead atoms. The van der Waals surface area contributed by atoms with Crippen molar-refractivity contribution < 1.29 is 14.0 Å². The van der Waals surface area contributed by atoms with Crippen LogP contribution in [0, 0.1) is 5.82 Å². The van der Waals surface area contributed by atoms with Gasteiger partial charge in [-0.25, -0.2) is 4.39 Å². The Labute approximate surface area is 187 Å². The van der Waals surface area contributed by atoms with Crippen LogP contribution in [0.4, 0.5) is 4.39 Å². The summed E-state index contributed by atoms with van der Waals surface area (Å²) >= 11 is 7.43. The molecular formula is C23H28ClFN2O2S. The number of benzene rings is 2. The summed E-state index contributed by atoms with van der Waals surface area (Å²) < 4.78 is 13.1. The Morgan fingerprint density at radius 1 is 1.07 bits per heavy atom. The molecule has 4 nitrogen and oxygen atoms in total. The molecule has 0 spiro atoms. The first-order chi connectivity index (χ1) is 14.4. The van der Waals surface area contributed by atoms with Crippen molar-refractivity contribution in [2.24, 2.45) is 0 Å². The van der Waals surface area contributed by atoms with Crippen LogP contribution in [-0.4, -0.2) is 35.1 Å². The molecule has 0 saturated carbocycles. The van der Waals surface area contributed by atoms with Gasteiger partial charge in [0.25, 0.3) is 0 Å². The molecule has 2 amide bonds. The summed E-state index contributed by atoms with van der Waals surface area (Å²) in [6.45, 7) is 4.82. The summed E-state index contributed by atoms with van der Waals surface area (Å²) in [7, 11) is 0. The van der Waals surface area contributed by atoms with Crippen LogP contribution in [0.3, 0.4) is 0 Å². The quantitative estimate of drug-likeness (QED) is 0.521. The lowest BCUT2D eigenvalue weighted by Crippen LogP contribution is -2.49. The van der Waals surface area contributed by atoms with E-state index in [9.17, 15) is 14.0 Å². The van der Waals surface area contributed by atoms with Crippen LogP contribution < -0.4 is 5.32 Å². The lowest BCUT2D eigenvalue weighted by molar-refractivity contribution is -0.139. The van der Waals surface area contributed by atoms with E-state index in [1.807, 2.05) is 26.0 Å². The van der Waals surface area contributed by atoms with E-state index in [4.69, 9.17) is 11.6 Å².